The summed E-state index contributed by atoms with van der Waals surface area (Å²) in [6.45, 7) is 5.98. The number of carbonyl (C=O) groups is 1. The molecule has 1 aliphatic rings. The summed E-state index contributed by atoms with van der Waals surface area (Å²) >= 11 is 1.79. The second kappa shape index (κ2) is 5.61. The number of hydrogen-bond acceptors (Lipinski definition) is 3. The first kappa shape index (κ1) is 11.9. The van der Waals surface area contributed by atoms with Crippen LogP contribution in [0.4, 0.5) is 0 Å². The molecule has 82 valence electrons. The molecule has 0 aromatic rings. The van der Waals surface area contributed by atoms with Crippen molar-refractivity contribution < 1.29 is 4.79 Å². The van der Waals surface area contributed by atoms with E-state index >= 15 is 0 Å². The quantitative estimate of drug-likeness (QED) is 0.742. The average Bonchev–Trinajstić information content (AvgIpc) is 2.45. The van der Waals surface area contributed by atoms with Crippen LogP contribution in [0.3, 0.4) is 0 Å². The van der Waals surface area contributed by atoms with Crippen molar-refractivity contribution in [1.29, 1.82) is 0 Å². The summed E-state index contributed by atoms with van der Waals surface area (Å²) in [6, 6.07) is 0.460. The number of likely N-dealkylation sites (tertiary alicyclic amines) is 1. The fourth-order valence-corrected chi connectivity index (χ4v) is 2.12. The number of nitrogens with zero attached hydrogens (tertiary/aromatic N) is 1. The summed E-state index contributed by atoms with van der Waals surface area (Å²) in [4.78, 5) is 13.8. The van der Waals surface area contributed by atoms with E-state index in [-0.39, 0.29) is 11.9 Å². The molecule has 0 aromatic heterocycles. The van der Waals surface area contributed by atoms with E-state index in [1.165, 1.54) is 0 Å². The third kappa shape index (κ3) is 3.17. The Labute approximate surface area is 90.6 Å². The Kier molecular flexibility index (Phi) is 4.75. The van der Waals surface area contributed by atoms with E-state index in [2.05, 4.69) is 25.4 Å². The van der Waals surface area contributed by atoms with Gasteiger partial charge in [0.25, 0.3) is 0 Å². The monoisotopic (exact) mass is 216 g/mol. The van der Waals surface area contributed by atoms with Gasteiger partial charge < -0.3 is 10.2 Å². The Morgan fingerprint density at radius 3 is 2.93 bits per heavy atom. The Morgan fingerprint density at radius 1 is 1.64 bits per heavy atom. The standard InChI is InChI=1S/C10H20N2OS/c1-8(2)11-9-4-5-12(10(9)13)6-7-14-3/h8-9,11H,4-7H2,1-3H3. The lowest BCUT2D eigenvalue weighted by molar-refractivity contribution is -0.129. The third-order valence-corrected chi connectivity index (χ3v) is 2.99. The molecule has 1 N–H and O–H groups in total. The zero-order valence-electron chi connectivity index (χ0n) is 9.25. The lowest BCUT2D eigenvalue weighted by Crippen LogP contribution is -2.41. The van der Waals surface area contributed by atoms with Crippen LogP contribution in [0.15, 0.2) is 0 Å². The van der Waals surface area contributed by atoms with Crippen molar-refractivity contribution in [3.63, 3.8) is 0 Å². The van der Waals surface area contributed by atoms with Crippen LogP contribution in [0, 0.1) is 0 Å². The number of amides is 1. The molecule has 4 heteroatoms. The Hall–Kier alpha value is -0.220. The highest BCUT2D eigenvalue weighted by Gasteiger charge is 2.30. The van der Waals surface area contributed by atoms with Gasteiger partial charge in [0.05, 0.1) is 6.04 Å². The fraction of sp³-hybridized carbons (Fsp3) is 0.900. The fourth-order valence-electron chi connectivity index (χ4n) is 1.72. The van der Waals surface area contributed by atoms with Crippen molar-refractivity contribution in [3.8, 4) is 0 Å². The largest absolute Gasteiger partial charge is 0.340 e. The van der Waals surface area contributed by atoms with E-state index in [9.17, 15) is 4.79 Å². The maximum atomic E-state index is 11.8. The number of nitrogens with one attached hydrogen (secondary N) is 1. The van der Waals surface area contributed by atoms with E-state index in [4.69, 9.17) is 0 Å². The van der Waals surface area contributed by atoms with Gasteiger partial charge in [0.15, 0.2) is 0 Å². The van der Waals surface area contributed by atoms with Gasteiger partial charge >= 0.3 is 0 Å². The number of hydrogen-bond donors (Lipinski definition) is 1. The molecular weight excluding hydrogens is 196 g/mol. The van der Waals surface area contributed by atoms with E-state index < -0.39 is 0 Å². The first-order valence-electron chi connectivity index (χ1n) is 5.19. The molecule has 1 rings (SSSR count). The molecule has 3 nitrogen and oxygen atoms in total. The molecule has 0 bridgehead atoms. The van der Waals surface area contributed by atoms with E-state index in [0.29, 0.717) is 6.04 Å². The third-order valence-electron chi connectivity index (χ3n) is 2.40. The highest BCUT2D eigenvalue weighted by molar-refractivity contribution is 7.98. The van der Waals surface area contributed by atoms with Gasteiger partial charge in [-0.15, -0.1) is 0 Å². The van der Waals surface area contributed by atoms with Crippen molar-refractivity contribution >= 4 is 17.7 Å². The van der Waals surface area contributed by atoms with E-state index in [1.54, 1.807) is 11.8 Å². The molecule has 1 fully saturated rings. The van der Waals surface area contributed by atoms with Crippen molar-refractivity contribution in [2.75, 3.05) is 25.1 Å². The van der Waals surface area contributed by atoms with Crippen LogP contribution in [0.5, 0.6) is 0 Å². The molecule has 1 aliphatic heterocycles. The first-order chi connectivity index (χ1) is 6.65. The van der Waals surface area contributed by atoms with Gasteiger partial charge in [-0.2, -0.15) is 11.8 Å². The summed E-state index contributed by atoms with van der Waals surface area (Å²) in [6.07, 6.45) is 3.04. The van der Waals surface area contributed by atoms with Crippen LogP contribution in [0.25, 0.3) is 0 Å². The van der Waals surface area contributed by atoms with Crippen molar-refractivity contribution in [1.82, 2.24) is 10.2 Å². The number of thioether (sulfide) groups is 1. The predicted octanol–water partition coefficient (Wildman–Crippen LogP) is 0.948. The second-order valence-corrected chi connectivity index (χ2v) is 4.97. The maximum Gasteiger partial charge on any atom is 0.239 e. The van der Waals surface area contributed by atoms with Gasteiger partial charge in [-0.05, 0) is 12.7 Å². The molecule has 0 aromatic carbocycles. The van der Waals surface area contributed by atoms with Crippen molar-refractivity contribution in [2.45, 2.75) is 32.4 Å². The lowest BCUT2D eigenvalue weighted by Gasteiger charge is -2.17. The maximum absolute atomic E-state index is 11.8. The number of carbonyl (C=O) groups excluding carboxylic acids is 1. The first-order valence-corrected chi connectivity index (χ1v) is 6.58. The topological polar surface area (TPSA) is 32.3 Å². The molecule has 1 unspecified atom stereocenters. The SMILES string of the molecule is CSCCN1CCC(NC(C)C)C1=O. The minimum atomic E-state index is 0.0665. The van der Waals surface area contributed by atoms with Crippen molar-refractivity contribution in [3.05, 3.63) is 0 Å². The molecule has 0 spiro atoms. The molecular formula is C10H20N2OS. The molecule has 0 aliphatic carbocycles. The van der Waals surface area contributed by atoms with Gasteiger partial charge in [-0.3, -0.25) is 4.79 Å². The summed E-state index contributed by atoms with van der Waals surface area (Å²) < 4.78 is 0. The number of rotatable bonds is 5. The predicted molar refractivity (Wildman–Crippen MR) is 61.6 cm³/mol. The highest BCUT2D eigenvalue weighted by atomic mass is 32.2. The Bertz CT molecular complexity index is 197. The summed E-state index contributed by atoms with van der Waals surface area (Å²) in [5.41, 5.74) is 0. The minimum Gasteiger partial charge on any atom is -0.340 e. The van der Waals surface area contributed by atoms with Crippen LogP contribution in [-0.4, -0.2) is 48.0 Å². The molecule has 1 saturated heterocycles. The van der Waals surface area contributed by atoms with Gasteiger partial charge in [-0.1, -0.05) is 13.8 Å². The smallest absolute Gasteiger partial charge is 0.239 e. The Balaban J connectivity index is 2.35. The Morgan fingerprint density at radius 2 is 2.36 bits per heavy atom. The molecule has 0 radical (unpaired) electrons. The van der Waals surface area contributed by atoms with Crippen LogP contribution >= 0.6 is 11.8 Å². The molecule has 1 heterocycles. The van der Waals surface area contributed by atoms with Crippen molar-refractivity contribution in [2.24, 2.45) is 0 Å². The second-order valence-electron chi connectivity index (χ2n) is 3.98. The average molecular weight is 216 g/mol. The molecule has 1 atom stereocenters. The van der Waals surface area contributed by atoms with Crippen LogP contribution in [-0.2, 0) is 4.79 Å². The van der Waals surface area contributed by atoms with Gasteiger partial charge in [0.1, 0.15) is 0 Å². The highest BCUT2D eigenvalue weighted by Crippen LogP contribution is 2.12. The van der Waals surface area contributed by atoms with Crippen LogP contribution in [0.2, 0.25) is 0 Å². The summed E-state index contributed by atoms with van der Waals surface area (Å²) in [5.74, 6) is 1.33. The minimum absolute atomic E-state index is 0.0665. The lowest BCUT2D eigenvalue weighted by atomic mass is 10.2. The molecule has 14 heavy (non-hydrogen) atoms. The van der Waals surface area contributed by atoms with Gasteiger partial charge in [-0.25, -0.2) is 0 Å². The normalized spacial score (nSPS) is 22.4. The van der Waals surface area contributed by atoms with Gasteiger partial charge in [0.2, 0.25) is 5.91 Å². The summed E-state index contributed by atoms with van der Waals surface area (Å²) in [5, 5.41) is 3.30. The zero-order chi connectivity index (χ0) is 10.6. The van der Waals surface area contributed by atoms with Crippen LogP contribution in [0.1, 0.15) is 20.3 Å². The van der Waals surface area contributed by atoms with E-state index in [1.807, 2.05) is 4.90 Å². The van der Waals surface area contributed by atoms with Crippen LogP contribution < -0.4 is 5.32 Å². The van der Waals surface area contributed by atoms with E-state index in [0.717, 1.165) is 25.3 Å². The van der Waals surface area contributed by atoms with Gasteiger partial charge in [0, 0.05) is 24.9 Å². The zero-order valence-corrected chi connectivity index (χ0v) is 10.1. The molecule has 1 amide bonds. The summed E-state index contributed by atoms with van der Waals surface area (Å²) in [7, 11) is 0. The molecule has 0 saturated carbocycles.